The van der Waals surface area contributed by atoms with Gasteiger partial charge in [0, 0.05) is 18.8 Å². The fourth-order valence-electron chi connectivity index (χ4n) is 2.21. The quantitative estimate of drug-likeness (QED) is 0.752. The van der Waals surface area contributed by atoms with E-state index in [1.54, 1.807) is 11.8 Å². The third-order valence-electron chi connectivity index (χ3n) is 3.65. The molecular formula is C16H18N4S. The van der Waals surface area contributed by atoms with Crippen molar-refractivity contribution in [1.82, 2.24) is 14.8 Å². The van der Waals surface area contributed by atoms with Crippen LogP contribution in [0.3, 0.4) is 0 Å². The lowest BCUT2D eigenvalue weighted by Gasteiger charge is -2.12. The molecule has 0 fully saturated rings. The van der Waals surface area contributed by atoms with Gasteiger partial charge in [-0.25, -0.2) is 0 Å². The van der Waals surface area contributed by atoms with Crippen molar-refractivity contribution in [2.75, 3.05) is 5.75 Å². The zero-order valence-electron chi connectivity index (χ0n) is 12.2. The predicted molar refractivity (Wildman–Crippen MR) is 87.3 cm³/mol. The van der Waals surface area contributed by atoms with E-state index in [4.69, 9.17) is 5.73 Å². The Labute approximate surface area is 128 Å². The van der Waals surface area contributed by atoms with Crippen LogP contribution >= 0.6 is 11.8 Å². The molecule has 0 aliphatic heterocycles. The topological polar surface area (TPSA) is 56.7 Å². The Bertz CT molecular complexity index is 766. The van der Waals surface area contributed by atoms with Crippen LogP contribution < -0.4 is 5.73 Å². The van der Waals surface area contributed by atoms with Gasteiger partial charge in [-0.05, 0) is 29.3 Å². The first-order valence-electron chi connectivity index (χ1n) is 6.88. The number of thioether (sulfide) groups is 1. The second-order valence-electron chi connectivity index (χ2n) is 5.11. The number of hydrogen-bond acceptors (Lipinski definition) is 4. The van der Waals surface area contributed by atoms with E-state index in [0.717, 1.165) is 22.3 Å². The molecule has 2 aromatic carbocycles. The Hall–Kier alpha value is -1.85. The highest BCUT2D eigenvalue weighted by Crippen LogP contribution is 2.24. The minimum Gasteiger partial charge on any atom is -0.323 e. The Morgan fingerprint density at radius 1 is 1.14 bits per heavy atom. The van der Waals surface area contributed by atoms with E-state index in [-0.39, 0.29) is 6.04 Å². The maximum atomic E-state index is 6.31. The van der Waals surface area contributed by atoms with Crippen LogP contribution in [0.2, 0.25) is 0 Å². The lowest BCUT2D eigenvalue weighted by molar-refractivity contribution is 0.759. The number of nitrogens with two attached hydrogens (primary N) is 1. The lowest BCUT2D eigenvalue weighted by Crippen LogP contribution is -2.13. The van der Waals surface area contributed by atoms with Gasteiger partial charge in [0.25, 0.3) is 0 Å². The van der Waals surface area contributed by atoms with Crippen LogP contribution in [-0.4, -0.2) is 20.5 Å². The molecule has 1 unspecified atom stereocenters. The summed E-state index contributed by atoms with van der Waals surface area (Å²) in [5.74, 6) is 1.70. The van der Waals surface area contributed by atoms with Gasteiger partial charge in [0.15, 0.2) is 5.16 Å². The first-order valence-corrected chi connectivity index (χ1v) is 7.87. The third-order valence-corrected chi connectivity index (χ3v) is 4.79. The van der Waals surface area contributed by atoms with E-state index in [1.807, 2.05) is 24.6 Å². The van der Waals surface area contributed by atoms with Gasteiger partial charge in [0.05, 0.1) is 0 Å². The minimum atomic E-state index is -0.0170. The highest BCUT2D eigenvalue weighted by Gasteiger charge is 2.11. The van der Waals surface area contributed by atoms with Crippen molar-refractivity contribution in [3.8, 4) is 0 Å². The van der Waals surface area contributed by atoms with Crippen molar-refractivity contribution < 1.29 is 0 Å². The maximum absolute atomic E-state index is 6.31. The smallest absolute Gasteiger partial charge is 0.191 e. The molecule has 0 saturated heterocycles. The molecule has 21 heavy (non-hydrogen) atoms. The molecule has 0 aliphatic carbocycles. The number of aromatic nitrogens is 3. The van der Waals surface area contributed by atoms with E-state index < -0.39 is 0 Å². The standard InChI is InChI=1S/C16H18N4S/c1-11-18-19-16(20(11)2)21-10-15(17)14-8-7-12-5-3-4-6-13(12)9-14/h3-9,15H,10,17H2,1-2H3. The molecule has 0 aliphatic rings. The molecule has 5 heteroatoms. The molecular weight excluding hydrogens is 280 g/mol. The Kier molecular flexibility index (Phi) is 3.94. The first kappa shape index (κ1) is 14.1. The average molecular weight is 298 g/mol. The van der Waals surface area contributed by atoms with E-state index in [0.29, 0.717) is 0 Å². The van der Waals surface area contributed by atoms with Gasteiger partial charge in [0.2, 0.25) is 0 Å². The molecule has 1 atom stereocenters. The molecule has 3 aromatic rings. The van der Waals surface area contributed by atoms with Gasteiger partial charge >= 0.3 is 0 Å². The molecule has 3 rings (SSSR count). The SMILES string of the molecule is Cc1nnc(SCC(N)c2ccc3ccccc3c2)n1C. The zero-order chi connectivity index (χ0) is 14.8. The summed E-state index contributed by atoms with van der Waals surface area (Å²) < 4.78 is 1.98. The highest BCUT2D eigenvalue weighted by atomic mass is 32.2. The number of hydrogen-bond donors (Lipinski definition) is 1. The second-order valence-corrected chi connectivity index (χ2v) is 6.10. The van der Waals surface area contributed by atoms with Gasteiger partial charge in [-0.2, -0.15) is 0 Å². The molecule has 0 bridgehead atoms. The third kappa shape index (κ3) is 2.94. The summed E-state index contributed by atoms with van der Waals surface area (Å²) in [4.78, 5) is 0. The fraction of sp³-hybridized carbons (Fsp3) is 0.250. The van der Waals surface area contributed by atoms with E-state index in [1.165, 1.54) is 10.8 Å². The van der Waals surface area contributed by atoms with Crippen molar-refractivity contribution in [1.29, 1.82) is 0 Å². The van der Waals surface area contributed by atoms with Crippen LogP contribution in [0.5, 0.6) is 0 Å². The van der Waals surface area contributed by atoms with Crippen LogP contribution in [0.15, 0.2) is 47.6 Å². The molecule has 0 amide bonds. The van der Waals surface area contributed by atoms with E-state index >= 15 is 0 Å². The number of nitrogens with zero attached hydrogens (tertiary/aromatic N) is 3. The largest absolute Gasteiger partial charge is 0.323 e. The second kappa shape index (κ2) is 5.87. The summed E-state index contributed by atoms with van der Waals surface area (Å²) in [6.45, 7) is 1.94. The average Bonchev–Trinajstić information content (AvgIpc) is 2.84. The normalized spacial score (nSPS) is 12.7. The summed E-state index contributed by atoms with van der Waals surface area (Å²) >= 11 is 1.64. The van der Waals surface area contributed by atoms with Crippen molar-refractivity contribution in [2.24, 2.45) is 12.8 Å². The van der Waals surface area contributed by atoms with Gasteiger partial charge in [-0.1, -0.05) is 48.2 Å². The monoisotopic (exact) mass is 298 g/mol. The molecule has 2 N–H and O–H groups in total. The maximum Gasteiger partial charge on any atom is 0.191 e. The first-order chi connectivity index (χ1) is 10.1. The minimum absolute atomic E-state index is 0.0170. The summed E-state index contributed by atoms with van der Waals surface area (Å²) in [5.41, 5.74) is 7.47. The lowest BCUT2D eigenvalue weighted by atomic mass is 10.0. The Balaban J connectivity index is 1.74. The van der Waals surface area contributed by atoms with Gasteiger partial charge < -0.3 is 10.3 Å². The molecule has 0 spiro atoms. The number of benzene rings is 2. The van der Waals surface area contributed by atoms with E-state index in [9.17, 15) is 0 Å². The van der Waals surface area contributed by atoms with Crippen LogP contribution in [0.4, 0.5) is 0 Å². The predicted octanol–water partition coefficient (Wildman–Crippen LogP) is 3.07. The van der Waals surface area contributed by atoms with Crippen molar-refractivity contribution >= 4 is 22.5 Å². The summed E-state index contributed by atoms with van der Waals surface area (Å²) in [6, 6.07) is 14.7. The summed E-state index contributed by atoms with van der Waals surface area (Å²) in [7, 11) is 1.97. The fourth-order valence-corrected chi connectivity index (χ4v) is 3.16. The number of aryl methyl sites for hydroxylation is 1. The molecule has 1 heterocycles. The molecule has 1 aromatic heterocycles. The number of fused-ring (bicyclic) bond motifs is 1. The van der Waals surface area contributed by atoms with Crippen LogP contribution in [-0.2, 0) is 7.05 Å². The Morgan fingerprint density at radius 2 is 1.90 bits per heavy atom. The molecule has 4 nitrogen and oxygen atoms in total. The van der Waals surface area contributed by atoms with Crippen LogP contribution in [0, 0.1) is 6.92 Å². The molecule has 0 radical (unpaired) electrons. The van der Waals surface area contributed by atoms with Crippen molar-refractivity contribution in [3.63, 3.8) is 0 Å². The van der Waals surface area contributed by atoms with Crippen LogP contribution in [0.1, 0.15) is 17.4 Å². The zero-order valence-corrected chi connectivity index (χ0v) is 13.0. The number of rotatable bonds is 4. The van der Waals surface area contributed by atoms with Crippen molar-refractivity contribution in [2.45, 2.75) is 18.1 Å². The highest BCUT2D eigenvalue weighted by molar-refractivity contribution is 7.99. The molecule has 108 valence electrons. The van der Waals surface area contributed by atoms with Crippen molar-refractivity contribution in [3.05, 3.63) is 53.9 Å². The molecule has 0 saturated carbocycles. The van der Waals surface area contributed by atoms with E-state index in [2.05, 4.69) is 46.6 Å². The van der Waals surface area contributed by atoms with Crippen LogP contribution in [0.25, 0.3) is 10.8 Å². The van der Waals surface area contributed by atoms with Gasteiger partial charge in [-0.15, -0.1) is 10.2 Å². The van der Waals surface area contributed by atoms with Gasteiger partial charge in [-0.3, -0.25) is 0 Å². The summed E-state index contributed by atoms with van der Waals surface area (Å²) in [5, 5.41) is 11.6. The summed E-state index contributed by atoms with van der Waals surface area (Å²) in [6.07, 6.45) is 0. The van der Waals surface area contributed by atoms with Gasteiger partial charge in [0.1, 0.15) is 5.82 Å². The Morgan fingerprint density at radius 3 is 2.62 bits per heavy atom.